The average molecular weight is 283 g/mol. The quantitative estimate of drug-likeness (QED) is 0.796. The van der Waals surface area contributed by atoms with Crippen molar-refractivity contribution in [1.82, 2.24) is 9.38 Å². The van der Waals surface area contributed by atoms with Crippen molar-refractivity contribution < 1.29 is 9.53 Å². The molecule has 0 bridgehead atoms. The smallest absolute Gasteiger partial charge is 0.359 e. The fourth-order valence-electron chi connectivity index (χ4n) is 1.54. The van der Waals surface area contributed by atoms with Crippen LogP contribution in [0.3, 0.4) is 0 Å². The van der Waals surface area contributed by atoms with E-state index < -0.39 is 5.97 Å². The maximum Gasteiger partial charge on any atom is 0.359 e. The summed E-state index contributed by atoms with van der Waals surface area (Å²) in [7, 11) is 0. The SMILES string of the molecule is CCOC(=O)c1nc2cccc(C)n2c1Br. The molecule has 0 saturated heterocycles. The molecule has 0 fully saturated rings. The van der Waals surface area contributed by atoms with Gasteiger partial charge in [0, 0.05) is 5.69 Å². The summed E-state index contributed by atoms with van der Waals surface area (Å²) in [6.07, 6.45) is 0. The first-order valence-electron chi connectivity index (χ1n) is 4.96. The van der Waals surface area contributed by atoms with Crippen LogP contribution in [0.4, 0.5) is 0 Å². The van der Waals surface area contributed by atoms with Crippen LogP contribution >= 0.6 is 15.9 Å². The van der Waals surface area contributed by atoms with Gasteiger partial charge in [0.25, 0.3) is 0 Å². The second-order valence-corrected chi connectivity index (χ2v) is 4.08. The molecule has 0 amide bonds. The van der Waals surface area contributed by atoms with E-state index in [1.165, 1.54) is 0 Å². The van der Waals surface area contributed by atoms with Crippen LogP contribution in [0, 0.1) is 6.92 Å². The summed E-state index contributed by atoms with van der Waals surface area (Å²) in [4.78, 5) is 15.9. The number of esters is 1. The van der Waals surface area contributed by atoms with Gasteiger partial charge >= 0.3 is 5.97 Å². The highest BCUT2D eigenvalue weighted by Gasteiger charge is 2.18. The number of hydrogen-bond donors (Lipinski definition) is 0. The number of halogens is 1. The minimum absolute atomic E-state index is 0.316. The molecular formula is C11H11BrN2O2. The minimum Gasteiger partial charge on any atom is -0.461 e. The van der Waals surface area contributed by atoms with Crippen LogP contribution in [0.25, 0.3) is 5.65 Å². The van der Waals surface area contributed by atoms with Crippen LogP contribution in [0.2, 0.25) is 0 Å². The zero-order chi connectivity index (χ0) is 11.7. The van der Waals surface area contributed by atoms with Gasteiger partial charge in [-0.25, -0.2) is 9.78 Å². The number of aryl methyl sites for hydroxylation is 1. The predicted molar refractivity (Wildman–Crippen MR) is 63.6 cm³/mol. The second kappa shape index (κ2) is 4.25. The third kappa shape index (κ3) is 1.71. The van der Waals surface area contributed by atoms with Crippen molar-refractivity contribution in [2.45, 2.75) is 13.8 Å². The first kappa shape index (κ1) is 11.1. The molecule has 2 aromatic heterocycles. The van der Waals surface area contributed by atoms with Crippen LogP contribution in [-0.2, 0) is 4.74 Å². The lowest BCUT2D eigenvalue weighted by Gasteiger charge is -2.00. The van der Waals surface area contributed by atoms with Crippen molar-refractivity contribution >= 4 is 27.5 Å². The van der Waals surface area contributed by atoms with Gasteiger partial charge in [0.1, 0.15) is 10.3 Å². The van der Waals surface area contributed by atoms with Gasteiger partial charge in [0.15, 0.2) is 5.69 Å². The van der Waals surface area contributed by atoms with E-state index in [9.17, 15) is 4.79 Å². The molecule has 0 aromatic carbocycles. The monoisotopic (exact) mass is 282 g/mol. The van der Waals surface area contributed by atoms with Gasteiger partial charge in [-0.3, -0.25) is 4.40 Å². The molecule has 2 heterocycles. The fraction of sp³-hybridized carbons (Fsp3) is 0.273. The summed E-state index contributed by atoms with van der Waals surface area (Å²) in [5, 5.41) is 0. The average Bonchev–Trinajstić information content (AvgIpc) is 2.58. The molecule has 4 nitrogen and oxygen atoms in total. The predicted octanol–water partition coefficient (Wildman–Crippen LogP) is 2.58. The van der Waals surface area contributed by atoms with Crippen LogP contribution < -0.4 is 0 Å². The molecule has 0 aliphatic carbocycles. The lowest BCUT2D eigenvalue weighted by Crippen LogP contribution is -2.05. The highest BCUT2D eigenvalue weighted by Crippen LogP contribution is 2.21. The van der Waals surface area contributed by atoms with Gasteiger partial charge in [-0.1, -0.05) is 6.07 Å². The summed E-state index contributed by atoms with van der Waals surface area (Å²) < 4.78 is 7.44. The molecular weight excluding hydrogens is 272 g/mol. The summed E-state index contributed by atoms with van der Waals surface area (Å²) in [6, 6.07) is 5.70. The number of imidazole rings is 1. The minimum atomic E-state index is -0.405. The normalized spacial score (nSPS) is 10.7. The Labute approximate surface area is 101 Å². The summed E-state index contributed by atoms with van der Waals surface area (Å²) in [5.41, 5.74) is 2.05. The van der Waals surface area contributed by atoms with Gasteiger partial charge in [0.05, 0.1) is 6.61 Å². The van der Waals surface area contributed by atoms with Gasteiger partial charge in [-0.15, -0.1) is 0 Å². The number of ether oxygens (including phenoxy) is 1. The number of hydrogen-bond acceptors (Lipinski definition) is 3. The Morgan fingerprint density at radius 2 is 2.31 bits per heavy atom. The number of aromatic nitrogens is 2. The Kier molecular flexibility index (Phi) is 2.96. The Morgan fingerprint density at radius 1 is 1.56 bits per heavy atom. The molecule has 0 atom stereocenters. The molecule has 2 aromatic rings. The largest absolute Gasteiger partial charge is 0.461 e. The highest BCUT2D eigenvalue weighted by molar-refractivity contribution is 9.10. The number of fused-ring (bicyclic) bond motifs is 1. The van der Waals surface area contributed by atoms with E-state index >= 15 is 0 Å². The van der Waals surface area contributed by atoms with E-state index in [0.29, 0.717) is 16.9 Å². The van der Waals surface area contributed by atoms with Crippen LogP contribution in [0.15, 0.2) is 22.8 Å². The molecule has 0 saturated carbocycles. The summed E-state index contributed by atoms with van der Waals surface area (Å²) in [5.74, 6) is -0.405. The van der Waals surface area contributed by atoms with Crippen molar-refractivity contribution in [3.05, 3.63) is 34.2 Å². The number of carbonyl (C=O) groups excluding carboxylic acids is 1. The van der Waals surface area contributed by atoms with Crippen molar-refractivity contribution in [2.24, 2.45) is 0 Å². The molecule has 0 aliphatic heterocycles. The van der Waals surface area contributed by atoms with Crippen LogP contribution in [0.5, 0.6) is 0 Å². The van der Waals surface area contributed by atoms with E-state index in [2.05, 4.69) is 20.9 Å². The summed E-state index contributed by atoms with van der Waals surface area (Å²) >= 11 is 3.37. The van der Waals surface area contributed by atoms with Gasteiger partial charge in [-0.05, 0) is 41.9 Å². The standard InChI is InChI=1S/C11H11BrN2O2/c1-3-16-11(15)9-10(12)14-7(2)5-4-6-8(14)13-9/h4-6H,3H2,1-2H3. The van der Waals surface area contributed by atoms with Gasteiger partial charge < -0.3 is 4.74 Å². The van der Waals surface area contributed by atoms with Gasteiger partial charge in [-0.2, -0.15) is 0 Å². The zero-order valence-corrected chi connectivity index (χ0v) is 10.6. The zero-order valence-electron chi connectivity index (χ0n) is 9.03. The lowest BCUT2D eigenvalue weighted by atomic mass is 10.4. The Bertz CT molecular complexity index is 548. The third-order valence-electron chi connectivity index (χ3n) is 2.25. The highest BCUT2D eigenvalue weighted by atomic mass is 79.9. The van der Waals surface area contributed by atoms with Crippen molar-refractivity contribution in [2.75, 3.05) is 6.61 Å². The maximum absolute atomic E-state index is 11.6. The molecule has 0 aliphatic rings. The number of carbonyl (C=O) groups is 1. The van der Waals surface area contributed by atoms with E-state index in [4.69, 9.17) is 4.74 Å². The third-order valence-corrected chi connectivity index (χ3v) is 2.98. The second-order valence-electron chi connectivity index (χ2n) is 3.33. The van der Waals surface area contributed by atoms with Crippen LogP contribution in [-0.4, -0.2) is 22.0 Å². The van der Waals surface area contributed by atoms with E-state index in [0.717, 1.165) is 11.3 Å². The number of pyridine rings is 1. The molecule has 0 N–H and O–H groups in total. The van der Waals surface area contributed by atoms with Crippen molar-refractivity contribution in [3.63, 3.8) is 0 Å². The van der Waals surface area contributed by atoms with E-state index in [-0.39, 0.29) is 0 Å². The first-order valence-corrected chi connectivity index (χ1v) is 5.75. The van der Waals surface area contributed by atoms with E-state index in [1.807, 2.05) is 29.5 Å². The van der Waals surface area contributed by atoms with Crippen LogP contribution in [0.1, 0.15) is 23.1 Å². The molecule has 2 rings (SSSR count). The first-order chi connectivity index (χ1) is 7.65. The van der Waals surface area contributed by atoms with Gasteiger partial charge in [0.2, 0.25) is 0 Å². The molecule has 5 heteroatoms. The van der Waals surface area contributed by atoms with E-state index in [1.54, 1.807) is 6.92 Å². The molecule has 0 spiro atoms. The molecule has 0 radical (unpaired) electrons. The fourth-order valence-corrected chi connectivity index (χ4v) is 2.25. The molecule has 0 unspecified atom stereocenters. The topological polar surface area (TPSA) is 43.6 Å². The number of rotatable bonds is 2. The molecule has 16 heavy (non-hydrogen) atoms. The van der Waals surface area contributed by atoms with Crippen molar-refractivity contribution in [3.8, 4) is 0 Å². The number of nitrogens with zero attached hydrogens (tertiary/aromatic N) is 2. The van der Waals surface area contributed by atoms with Crippen molar-refractivity contribution in [1.29, 1.82) is 0 Å². The lowest BCUT2D eigenvalue weighted by molar-refractivity contribution is 0.0519. The molecule has 84 valence electrons. The Balaban J connectivity index is 2.61. The Morgan fingerprint density at radius 3 is 2.94 bits per heavy atom. The Hall–Kier alpha value is -1.36. The summed E-state index contributed by atoms with van der Waals surface area (Å²) in [6.45, 7) is 4.07. The maximum atomic E-state index is 11.6.